The van der Waals surface area contributed by atoms with E-state index in [1.165, 1.54) is 31.2 Å². The first-order valence-electron chi connectivity index (χ1n) is 5.56. The normalized spacial score (nSPS) is 20.1. The fourth-order valence-corrected chi connectivity index (χ4v) is 2.37. The number of aryl methyl sites for hydroxylation is 1. The first kappa shape index (κ1) is 9.78. The Kier molecular flexibility index (Phi) is 2.92. The molecule has 1 aliphatic rings. The van der Waals surface area contributed by atoms with E-state index in [9.17, 15) is 0 Å². The fraction of sp³-hybridized carbons (Fsp3) is 0.667. The van der Waals surface area contributed by atoms with E-state index in [4.69, 9.17) is 10.2 Å². The molecule has 1 atom stereocenters. The van der Waals surface area contributed by atoms with E-state index in [1.807, 2.05) is 6.92 Å². The predicted molar refractivity (Wildman–Crippen MR) is 56.9 cm³/mol. The molecule has 0 aromatic carbocycles. The molecule has 14 heavy (non-hydrogen) atoms. The van der Waals surface area contributed by atoms with Crippen LogP contribution in [0.3, 0.4) is 0 Å². The van der Waals surface area contributed by atoms with Gasteiger partial charge in [0, 0.05) is 0 Å². The summed E-state index contributed by atoms with van der Waals surface area (Å²) in [7, 11) is 0. The molecule has 1 fully saturated rings. The number of hydrogen-bond acceptors (Lipinski definition) is 2. The van der Waals surface area contributed by atoms with Crippen LogP contribution in [0.1, 0.15) is 49.5 Å². The zero-order valence-corrected chi connectivity index (χ0v) is 8.83. The molecule has 2 rings (SSSR count). The number of furan rings is 1. The highest BCUT2D eigenvalue weighted by molar-refractivity contribution is 5.13. The van der Waals surface area contributed by atoms with Crippen molar-refractivity contribution in [1.82, 2.24) is 0 Å². The van der Waals surface area contributed by atoms with E-state index in [0.717, 1.165) is 18.1 Å². The van der Waals surface area contributed by atoms with Gasteiger partial charge in [-0.05, 0) is 30.9 Å². The van der Waals surface area contributed by atoms with Crippen molar-refractivity contribution in [1.29, 1.82) is 0 Å². The Balaban J connectivity index is 1.91. The van der Waals surface area contributed by atoms with Crippen molar-refractivity contribution in [2.75, 3.05) is 0 Å². The lowest BCUT2D eigenvalue weighted by atomic mass is 9.97. The van der Waals surface area contributed by atoms with Gasteiger partial charge in [0.25, 0.3) is 0 Å². The van der Waals surface area contributed by atoms with Crippen molar-refractivity contribution >= 4 is 0 Å². The van der Waals surface area contributed by atoms with Crippen molar-refractivity contribution in [3.8, 4) is 0 Å². The molecule has 1 aromatic heterocycles. The van der Waals surface area contributed by atoms with Crippen LogP contribution in [0.5, 0.6) is 0 Å². The molecule has 0 radical (unpaired) electrons. The maximum atomic E-state index is 6.09. The van der Waals surface area contributed by atoms with E-state index in [1.54, 1.807) is 6.26 Å². The Morgan fingerprint density at radius 1 is 1.50 bits per heavy atom. The SMILES string of the molecule is Cc1coc(C(N)CC2CCCC2)c1. The molecular formula is C12H19NO. The summed E-state index contributed by atoms with van der Waals surface area (Å²) in [6, 6.07) is 2.16. The van der Waals surface area contributed by atoms with Crippen molar-refractivity contribution in [2.45, 2.75) is 45.1 Å². The molecule has 1 aliphatic carbocycles. The number of hydrogen-bond donors (Lipinski definition) is 1. The van der Waals surface area contributed by atoms with E-state index in [2.05, 4.69) is 6.07 Å². The van der Waals surface area contributed by atoms with Gasteiger partial charge in [-0.3, -0.25) is 0 Å². The van der Waals surface area contributed by atoms with Crippen molar-refractivity contribution in [3.63, 3.8) is 0 Å². The van der Waals surface area contributed by atoms with Gasteiger partial charge in [0.05, 0.1) is 12.3 Å². The monoisotopic (exact) mass is 193 g/mol. The lowest BCUT2D eigenvalue weighted by Crippen LogP contribution is -2.13. The summed E-state index contributed by atoms with van der Waals surface area (Å²) < 4.78 is 5.41. The van der Waals surface area contributed by atoms with E-state index in [0.29, 0.717) is 0 Å². The van der Waals surface area contributed by atoms with Gasteiger partial charge in [-0.15, -0.1) is 0 Å². The largest absolute Gasteiger partial charge is 0.467 e. The summed E-state index contributed by atoms with van der Waals surface area (Å²) in [5.41, 5.74) is 7.26. The Labute approximate surface area is 85.5 Å². The predicted octanol–water partition coefficient (Wildman–Crippen LogP) is 3.17. The van der Waals surface area contributed by atoms with Crippen molar-refractivity contribution in [2.24, 2.45) is 11.7 Å². The summed E-state index contributed by atoms with van der Waals surface area (Å²) in [5, 5.41) is 0. The summed E-state index contributed by atoms with van der Waals surface area (Å²) >= 11 is 0. The number of nitrogens with two attached hydrogens (primary N) is 1. The van der Waals surface area contributed by atoms with Crippen molar-refractivity contribution < 1.29 is 4.42 Å². The molecule has 0 bridgehead atoms. The topological polar surface area (TPSA) is 39.2 Å². The van der Waals surface area contributed by atoms with Crippen LogP contribution in [-0.2, 0) is 0 Å². The lowest BCUT2D eigenvalue weighted by Gasteiger charge is -2.13. The highest BCUT2D eigenvalue weighted by atomic mass is 16.3. The second-order valence-electron chi connectivity index (χ2n) is 4.52. The maximum Gasteiger partial charge on any atom is 0.120 e. The summed E-state index contributed by atoms with van der Waals surface area (Å²) in [6.45, 7) is 2.04. The Bertz CT molecular complexity index is 286. The van der Waals surface area contributed by atoms with Crippen LogP contribution in [0.25, 0.3) is 0 Å². The van der Waals surface area contributed by atoms with Crippen LogP contribution < -0.4 is 5.73 Å². The molecule has 1 unspecified atom stereocenters. The number of rotatable bonds is 3. The molecule has 0 aliphatic heterocycles. The molecule has 2 heteroatoms. The van der Waals surface area contributed by atoms with Gasteiger partial charge in [0.15, 0.2) is 0 Å². The average Bonchev–Trinajstić information content (AvgIpc) is 2.75. The molecule has 78 valence electrons. The van der Waals surface area contributed by atoms with E-state index >= 15 is 0 Å². The summed E-state index contributed by atoms with van der Waals surface area (Å²) in [6.07, 6.45) is 8.35. The lowest BCUT2D eigenvalue weighted by molar-refractivity contribution is 0.391. The fourth-order valence-electron chi connectivity index (χ4n) is 2.37. The molecule has 1 saturated carbocycles. The minimum Gasteiger partial charge on any atom is -0.467 e. The van der Waals surface area contributed by atoms with Gasteiger partial charge in [-0.2, -0.15) is 0 Å². The molecule has 1 heterocycles. The molecule has 0 amide bonds. The van der Waals surface area contributed by atoms with E-state index < -0.39 is 0 Å². The molecular weight excluding hydrogens is 174 g/mol. The molecule has 0 saturated heterocycles. The van der Waals surface area contributed by atoms with E-state index in [-0.39, 0.29) is 6.04 Å². The van der Waals surface area contributed by atoms with Crippen LogP contribution in [-0.4, -0.2) is 0 Å². The smallest absolute Gasteiger partial charge is 0.120 e. The van der Waals surface area contributed by atoms with Gasteiger partial charge in [-0.1, -0.05) is 25.7 Å². The second-order valence-corrected chi connectivity index (χ2v) is 4.52. The third-order valence-electron chi connectivity index (χ3n) is 3.18. The van der Waals surface area contributed by atoms with Gasteiger partial charge in [-0.25, -0.2) is 0 Å². The van der Waals surface area contributed by atoms with Crippen LogP contribution >= 0.6 is 0 Å². The zero-order valence-electron chi connectivity index (χ0n) is 8.83. The molecule has 2 N–H and O–H groups in total. The molecule has 0 spiro atoms. The highest BCUT2D eigenvalue weighted by Gasteiger charge is 2.20. The Morgan fingerprint density at radius 3 is 2.79 bits per heavy atom. The minimum atomic E-state index is 0.104. The molecule has 1 aromatic rings. The third-order valence-corrected chi connectivity index (χ3v) is 3.18. The van der Waals surface area contributed by atoms with Crippen LogP contribution in [0.2, 0.25) is 0 Å². The zero-order chi connectivity index (χ0) is 9.97. The van der Waals surface area contributed by atoms with Crippen LogP contribution in [0.15, 0.2) is 16.7 Å². The second kappa shape index (κ2) is 4.18. The van der Waals surface area contributed by atoms with Gasteiger partial charge in [0.2, 0.25) is 0 Å². The van der Waals surface area contributed by atoms with Crippen LogP contribution in [0, 0.1) is 12.8 Å². The highest BCUT2D eigenvalue weighted by Crippen LogP contribution is 2.32. The summed E-state index contributed by atoms with van der Waals surface area (Å²) in [5.74, 6) is 1.78. The standard InChI is InChI=1S/C12H19NO/c1-9-6-12(14-8-9)11(13)7-10-4-2-3-5-10/h6,8,10-11H,2-5,7,13H2,1H3. The molecule has 2 nitrogen and oxygen atoms in total. The van der Waals surface area contributed by atoms with Crippen LogP contribution in [0.4, 0.5) is 0 Å². The first-order valence-corrected chi connectivity index (χ1v) is 5.56. The minimum absolute atomic E-state index is 0.104. The Hall–Kier alpha value is -0.760. The average molecular weight is 193 g/mol. The maximum absolute atomic E-state index is 6.09. The van der Waals surface area contributed by atoms with Gasteiger partial charge < -0.3 is 10.2 Å². The Morgan fingerprint density at radius 2 is 2.21 bits per heavy atom. The van der Waals surface area contributed by atoms with Gasteiger partial charge >= 0.3 is 0 Å². The third kappa shape index (κ3) is 2.18. The quantitative estimate of drug-likeness (QED) is 0.800. The van der Waals surface area contributed by atoms with Gasteiger partial charge in [0.1, 0.15) is 5.76 Å². The summed E-state index contributed by atoms with van der Waals surface area (Å²) in [4.78, 5) is 0. The van der Waals surface area contributed by atoms with Crippen molar-refractivity contribution in [3.05, 3.63) is 23.7 Å². The first-order chi connectivity index (χ1) is 6.75.